The second-order valence-electron chi connectivity index (χ2n) is 11.2. The Hall–Kier alpha value is -2.15. The van der Waals surface area contributed by atoms with E-state index in [-0.39, 0.29) is 10.6 Å². The molecular formula is C26H39NO4S. The molecule has 0 heterocycles. The smallest absolute Gasteiger partial charge is 0.124 e. The number of phenols is 1. The van der Waals surface area contributed by atoms with E-state index in [1.54, 1.807) is 0 Å². The molecule has 2 aromatic carbocycles. The topological polar surface area (TPSA) is 77.4 Å². The maximum absolute atomic E-state index is 11.3. The molecule has 0 bridgehead atoms. The summed E-state index contributed by atoms with van der Waals surface area (Å²) in [7, 11) is 2.04. The highest BCUT2D eigenvalue weighted by Crippen LogP contribution is 2.40. The molecule has 0 saturated carbocycles. The lowest BCUT2D eigenvalue weighted by Gasteiger charge is -2.28. The fourth-order valence-corrected chi connectivity index (χ4v) is 3.73. The monoisotopic (exact) mass is 461 g/mol. The van der Waals surface area contributed by atoms with Gasteiger partial charge in [0.25, 0.3) is 0 Å². The minimum Gasteiger partial charge on any atom is -0.744 e. The summed E-state index contributed by atoms with van der Waals surface area (Å²) >= 11 is 0. The summed E-state index contributed by atoms with van der Waals surface area (Å²) < 4.78 is 34.8. The van der Waals surface area contributed by atoms with Crippen LogP contribution in [0.3, 0.4) is 0 Å². The Labute approximate surface area is 194 Å². The minimum atomic E-state index is -4.55. The molecule has 32 heavy (non-hydrogen) atoms. The summed E-state index contributed by atoms with van der Waals surface area (Å²) in [6.07, 6.45) is 1.87. The quantitative estimate of drug-likeness (QED) is 0.487. The van der Waals surface area contributed by atoms with Crippen LogP contribution in [0, 0.1) is 0 Å². The average molecular weight is 462 g/mol. The first kappa shape index (κ1) is 27.9. The maximum atomic E-state index is 11.3. The van der Waals surface area contributed by atoms with Crippen molar-refractivity contribution in [3.8, 4) is 5.75 Å². The second kappa shape index (κ2) is 9.77. The Balaban J connectivity index is 0.000000343. The highest BCUT2D eigenvalue weighted by Gasteiger charge is 2.27. The van der Waals surface area contributed by atoms with Crippen molar-refractivity contribution in [1.29, 1.82) is 0 Å². The van der Waals surface area contributed by atoms with Gasteiger partial charge in [-0.05, 0) is 28.5 Å². The van der Waals surface area contributed by atoms with Gasteiger partial charge >= 0.3 is 0 Å². The number of rotatable bonds is 4. The van der Waals surface area contributed by atoms with E-state index >= 15 is 0 Å². The zero-order valence-electron chi connectivity index (χ0n) is 21.0. The van der Waals surface area contributed by atoms with E-state index in [1.807, 2.05) is 47.6 Å². The lowest BCUT2D eigenvalue weighted by Crippen LogP contribution is -2.33. The first-order valence-electron chi connectivity index (χ1n) is 10.6. The Morgan fingerprint density at radius 2 is 1.34 bits per heavy atom. The molecule has 0 aliphatic rings. The van der Waals surface area contributed by atoms with Gasteiger partial charge in [0.05, 0.1) is 26.0 Å². The molecule has 0 aliphatic heterocycles. The van der Waals surface area contributed by atoms with Gasteiger partial charge in [0, 0.05) is 16.7 Å². The summed E-state index contributed by atoms with van der Waals surface area (Å²) in [6, 6.07) is 11.1. The largest absolute Gasteiger partial charge is 0.744 e. The summed E-state index contributed by atoms with van der Waals surface area (Å²) in [5, 5.41) is 10.4. The Bertz CT molecular complexity index is 998. The van der Waals surface area contributed by atoms with Gasteiger partial charge in [0.1, 0.15) is 22.4 Å². The van der Waals surface area contributed by atoms with Crippen molar-refractivity contribution < 1.29 is 22.6 Å². The van der Waals surface area contributed by atoms with Gasteiger partial charge < -0.3 is 14.1 Å². The molecule has 2 rings (SSSR count). The predicted molar refractivity (Wildman–Crippen MR) is 132 cm³/mol. The number of hydrogen-bond donors (Lipinski definition) is 1. The second-order valence-corrected chi connectivity index (χ2v) is 12.6. The Morgan fingerprint density at radius 1 is 0.938 bits per heavy atom. The molecule has 6 heteroatoms. The van der Waals surface area contributed by atoms with Crippen LogP contribution >= 0.6 is 0 Å². The number of benzene rings is 2. The molecule has 0 atom stereocenters. The number of phenolic OH excluding ortho intramolecular Hbond substituents is 1. The van der Waals surface area contributed by atoms with E-state index in [0.29, 0.717) is 11.1 Å². The fraction of sp³-hybridized carbons (Fsp3) is 0.462. The third-order valence-corrected chi connectivity index (χ3v) is 5.67. The first-order valence-corrected chi connectivity index (χ1v) is 12.0. The van der Waals surface area contributed by atoms with Crippen molar-refractivity contribution in [2.24, 2.45) is 0 Å². The molecule has 178 valence electrons. The molecule has 0 saturated heterocycles. The Morgan fingerprint density at radius 3 is 1.62 bits per heavy atom. The van der Waals surface area contributed by atoms with Gasteiger partial charge in [-0.2, -0.15) is 0 Å². The molecule has 5 nitrogen and oxygen atoms in total. The molecule has 0 aromatic heterocycles. The third kappa shape index (κ3) is 8.41. The molecule has 0 aliphatic carbocycles. The van der Waals surface area contributed by atoms with Crippen molar-refractivity contribution in [3.63, 3.8) is 0 Å². The fourth-order valence-electron chi connectivity index (χ4n) is 3.20. The Kier molecular flexibility index (Phi) is 8.52. The van der Waals surface area contributed by atoms with Crippen LogP contribution < -0.4 is 0 Å². The van der Waals surface area contributed by atoms with Crippen LogP contribution in [0.25, 0.3) is 6.08 Å². The molecular weight excluding hydrogens is 422 g/mol. The number of hydrogen-bond acceptors (Lipinski definition) is 4. The first-order chi connectivity index (χ1) is 14.3. The number of aromatic hydroxyl groups is 1. The SMILES string of the molecule is C=Cc1ccc(C[N+](C)(C)C)cc1.CC(C)(C)c1cc(S(=O)(=O)[O-])cc(C(C)(C)C)c1O. The zero-order chi connectivity index (χ0) is 25.1. The van der Waals surface area contributed by atoms with Gasteiger partial charge in [-0.3, -0.25) is 0 Å². The van der Waals surface area contributed by atoms with Gasteiger partial charge in [-0.25, -0.2) is 8.42 Å². The third-order valence-electron chi connectivity index (χ3n) is 4.86. The summed E-state index contributed by atoms with van der Waals surface area (Å²) in [5.41, 5.74) is 2.59. The van der Waals surface area contributed by atoms with Crippen molar-refractivity contribution in [1.82, 2.24) is 0 Å². The highest BCUT2D eigenvalue weighted by molar-refractivity contribution is 7.85. The van der Waals surface area contributed by atoms with Crippen LogP contribution in [0.1, 0.15) is 63.8 Å². The normalized spacial score (nSPS) is 12.7. The van der Waals surface area contributed by atoms with Crippen LogP contribution in [0.4, 0.5) is 0 Å². The van der Waals surface area contributed by atoms with Crippen LogP contribution in [-0.2, 0) is 27.5 Å². The van der Waals surface area contributed by atoms with Gasteiger partial charge in [0.2, 0.25) is 0 Å². The van der Waals surface area contributed by atoms with Crippen LogP contribution in [-0.4, -0.2) is 43.7 Å². The van der Waals surface area contributed by atoms with E-state index in [1.165, 1.54) is 23.3 Å². The van der Waals surface area contributed by atoms with Gasteiger partial charge in [0.15, 0.2) is 0 Å². The van der Waals surface area contributed by atoms with Crippen molar-refractivity contribution in [3.05, 3.63) is 65.2 Å². The molecule has 0 spiro atoms. The minimum absolute atomic E-state index is 0.0624. The molecule has 0 radical (unpaired) electrons. The molecule has 1 N–H and O–H groups in total. The van der Waals surface area contributed by atoms with E-state index in [0.717, 1.165) is 11.0 Å². The van der Waals surface area contributed by atoms with Crippen LogP contribution in [0.5, 0.6) is 5.75 Å². The zero-order valence-corrected chi connectivity index (χ0v) is 21.8. The summed E-state index contributed by atoms with van der Waals surface area (Å²) in [5.74, 6) is 0.0624. The number of nitrogens with zero attached hydrogens (tertiary/aromatic N) is 1. The van der Waals surface area contributed by atoms with E-state index < -0.39 is 20.9 Å². The van der Waals surface area contributed by atoms with E-state index in [9.17, 15) is 18.1 Å². The molecule has 0 amide bonds. The van der Waals surface area contributed by atoms with Gasteiger partial charge in [-0.15, -0.1) is 0 Å². The summed E-state index contributed by atoms with van der Waals surface area (Å²) in [4.78, 5) is -0.292. The average Bonchev–Trinajstić information content (AvgIpc) is 2.58. The van der Waals surface area contributed by atoms with Crippen LogP contribution in [0.15, 0.2) is 47.9 Å². The molecule has 0 unspecified atom stereocenters. The van der Waals surface area contributed by atoms with Crippen molar-refractivity contribution in [2.45, 2.75) is 63.8 Å². The highest BCUT2D eigenvalue weighted by atomic mass is 32.2. The maximum Gasteiger partial charge on any atom is 0.124 e. The lowest BCUT2D eigenvalue weighted by atomic mass is 9.79. The summed E-state index contributed by atoms with van der Waals surface area (Å²) in [6.45, 7) is 15.9. The van der Waals surface area contributed by atoms with Gasteiger partial charge in [-0.1, -0.05) is 78.5 Å². The molecule has 2 aromatic rings. The van der Waals surface area contributed by atoms with E-state index in [4.69, 9.17) is 0 Å². The number of quaternary nitrogens is 1. The van der Waals surface area contributed by atoms with E-state index in [2.05, 4.69) is 52.0 Å². The molecule has 0 fully saturated rings. The van der Waals surface area contributed by atoms with Crippen LogP contribution in [0.2, 0.25) is 0 Å². The van der Waals surface area contributed by atoms with Crippen molar-refractivity contribution >= 4 is 16.2 Å². The van der Waals surface area contributed by atoms with Crippen molar-refractivity contribution in [2.75, 3.05) is 21.1 Å². The predicted octanol–water partition coefficient (Wildman–Crippen LogP) is 5.43. The lowest BCUT2D eigenvalue weighted by molar-refractivity contribution is -0.884. The standard InChI is InChI=1S/C14H22O4S.C12H18N/c1-13(2,3)10-7-9(19(16,17)18)8-11(12(10)15)14(4,5)6;1-5-11-6-8-12(9-7-11)10-13(2,3)4/h7-8,15H,1-6H3,(H,16,17,18);5-9H,1,10H2,2-4H3/q;+1/p-1.